The Morgan fingerprint density at radius 2 is 1.47 bits per heavy atom. The summed E-state index contributed by atoms with van der Waals surface area (Å²) in [5.41, 5.74) is 2.90. The molecule has 0 fully saturated rings. The van der Waals surface area contributed by atoms with Gasteiger partial charge in [-0.1, -0.05) is 71.7 Å². The van der Waals surface area contributed by atoms with E-state index in [9.17, 15) is 0 Å². The standard InChI is InChI=1S/C18H30O/c1-6-8-17(9-7-2)19-14-15-10-12-16(13-11-15)18(3,4)5/h10-13,17H,6-9,14H2,1-5H3. The van der Waals surface area contributed by atoms with Crippen LogP contribution in [0.4, 0.5) is 0 Å². The van der Waals surface area contributed by atoms with Crippen LogP contribution in [-0.4, -0.2) is 6.10 Å². The van der Waals surface area contributed by atoms with Crippen LogP contribution in [0.1, 0.15) is 71.4 Å². The van der Waals surface area contributed by atoms with E-state index in [0.29, 0.717) is 6.10 Å². The first-order valence-corrected chi connectivity index (χ1v) is 7.68. The summed E-state index contributed by atoms with van der Waals surface area (Å²) in [5, 5.41) is 0. The van der Waals surface area contributed by atoms with Gasteiger partial charge < -0.3 is 4.74 Å². The van der Waals surface area contributed by atoms with Gasteiger partial charge in [-0.3, -0.25) is 0 Å². The van der Waals surface area contributed by atoms with Crippen LogP contribution in [0.25, 0.3) is 0 Å². The minimum absolute atomic E-state index is 0.229. The molecule has 0 aliphatic carbocycles. The van der Waals surface area contributed by atoms with Gasteiger partial charge in [0.15, 0.2) is 0 Å². The van der Waals surface area contributed by atoms with Gasteiger partial charge in [-0.25, -0.2) is 0 Å². The van der Waals surface area contributed by atoms with E-state index in [1.54, 1.807) is 0 Å². The molecule has 0 heterocycles. The van der Waals surface area contributed by atoms with Crippen molar-refractivity contribution in [3.05, 3.63) is 35.4 Å². The second-order valence-electron chi connectivity index (χ2n) is 6.46. The van der Waals surface area contributed by atoms with Crippen molar-refractivity contribution in [1.29, 1.82) is 0 Å². The Bertz CT molecular complexity index is 339. The average Bonchev–Trinajstić information content (AvgIpc) is 2.36. The Morgan fingerprint density at radius 1 is 0.947 bits per heavy atom. The second-order valence-corrected chi connectivity index (χ2v) is 6.46. The molecule has 0 unspecified atom stereocenters. The quantitative estimate of drug-likeness (QED) is 0.633. The fraction of sp³-hybridized carbons (Fsp3) is 0.667. The number of hydrogen-bond donors (Lipinski definition) is 0. The van der Waals surface area contributed by atoms with Crippen molar-refractivity contribution >= 4 is 0 Å². The SMILES string of the molecule is CCCC(CCC)OCc1ccc(C(C)(C)C)cc1. The maximum atomic E-state index is 6.03. The van der Waals surface area contributed by atoms with Gasteiger partial charge in [-0.2, -0.15) is 0 Å². The number of rotatable bonds is 7. The molecule has 1 nitrogen and oxygen atoms in total. The molecule has 19 heavy (non-hydrogen) atoms. The highest BCUT2D eigenvalue weighted by Crippen LogP contribution is 2.22. The molecule has 0 radical (unpaired) electrons. The van der Waals surface area contributed by atoms with Crippen molar-refractivity contribution in [2.75, 3.05) is 0 Å². The molecule has 0 saturated heterocycles. The first kappa shape index (κ1) is 16.2. The van der Waals surface area contributed by atoms with Crippen molar-refractivity contribution in [3.8, 4) is 0 Å². The topological polar surface area (TPSA) is 9.23 Å². The first-order chi connectivity index (χ1) is 8.97. The van der Waals surface area contributed by atoms with Crippen LogP contribution in [0.3, 0.4) is 0 Å². The van der Waals surface area contributed by atoms with E-state index >= 15 is 0 Å². The Balaban J connectivity index is 2.53. The summed E-state index contributed by atoms with van der Waals surface area (Å²) < 4.78 is 6.03. The van der Waals surface area contributed by atoms with Gasteiger partial charge in [0.05, 0.1) is 12.7 Å². The minimum atomic E-state index is 0.229. The van der Waals surface area contributed by atoms with Gasteiger partial charge >= 0.3 is 0 Å². The molecule has 108 valence electrons. The fourth-order valence-electron chi connectivity index (χ4n) is 2.27. The summed E-state index contributed by atoms with van der Waals surface area (Å²) in [5.74, 6) is 0. The molecule has 0 aliphatic rings. The molecule has 0 N–H and O–H groups in total. The van der Waals surface area contributed by atoms with E-state index in [4.69, 9.17) is 4.74 Å². The van der Waals surface area contributed by atoms with Crippen molar-refractivity contribution in [1.82, 2.24) is 0 Å². The van der Waals surface area contributed by atoms with Crippen LogP contribution in [0.2, 0.25) is 0 Å². The molecule has 0 aromatic heterocycles. The van der Waals surface area contributed by atoms with Crippen molar-refractivity contribution < 1.29 is 4.74 Å². The molecule has 1 aromatic carbocycles. The maximum Gasteiger partial charge on any atom is 0.0720 e. The number of benzene rings is 1. The molecule has 1 aromatic rings. The molecule has 0 spiro atoms. The van der Waals surface area contributed by atoms with Crippen molar-refractivity contribution in [3.63, 3.8) is 0 Å². The van der Waals surface area contributed by atoms with Crippen LogP contribution in [0, 0.1) is 0 Å². The van der Waals surface area contributed by atoms with Gasteiger partial charge in [0.1, 0.15) is 0 Å². The van der Waals surface area contributed by atoms with Crippen LogP contribution in [-0.2, 0) is 16.8 Å². The number of hydrogen-bond acceptors (Lipinski definition) is 1. The van der Waals surface area contributed by atoms with Crippen molar-refractivity contribution in [2.24, 2.45) is 0 Å². The van der Waals surface area contributed by atoms with Crippen LogP contribution in [0.15, 0.2) is 24.3 Å². The second kappa shape index (κ2) is 7.69. The lowest BCUT2D eigenvalue weighted by Gasteiger charge is -2.20. The summed E-state index contributed by atoms with van der Waals surface area (Å²) in [6.07, 6.45) is 5.18. The van der Waals surface area contributed by atoms with Gasteiger partial charge in [-0.15, -0.1) is 0 Å². The van der Waals surface area contributed by atoms with Gasteiger partial charge in [0.2, 0.25) is 0 Å². The summed E-state index contributed by atoms with van der Waals surface area (Å²) in [6, 6.07) is 8.87. The first-order valence-electron chi connectivity index (χ1n) is 7.68. The van der Waals surface area contributed by atoms with Crippen molar-refractivity contribution in [2.45, 2.75) is 78.4 Å². The molecule has 0 amide bonds. The zero-order chi connectivity index (χ0) is 14.3. The van der Waals surface area contributed by atoms with Crippen LogP contribution >= 0.6 is 0 Å². The Kier molecular flexibility index (Phi) is 6.57. The minimum Gasteiger partial charge on any atom is -0.374 e. The molecular weight excluding hydrogens is 232 g/mol. The normalized spacial score (nSPS) is 12.1. The van der Waals surface area contributed by atoms with Gasteiger partial charge in [-0.05, 0) is 29.4 Å². The monoisotopic (exact) mass is 262 g/mol. The summed E-state index contributed by atoms with van der Waals surface area (Å²) in [4.78, 5) is 0. The Morgan fingerprint density at radius 3 is 1.89 bits per heavy atom. The van der Waals surface area contributed by atoms with E-state index in [1.165, 1.54) is 36.8 Å². The van der Waals surface area contributed by atoms with E-state index in [1.807, 2.05) is 0 Å². The van der Waals surface area contributed by atoms with Gasteiger partial charge in [0, 0.05) is 0 Å². The van der Waals surface area contributed by atoms with E-state index < -0.39 is 0 Å². The third-order valence-electron chi connectivity index (χ3n) is 3.53. The molecular formula is C18H30O. The Hall–Kier alpha value is -0.820. The Labute approximate surface area is 119 Å². The van der Waals surface area contributed by atoms with Crippen LogP contribution in [0.5, 0.6) is 0 Å². The third-order valence-corrected chi connectivity index (χ3v) is 3.53. The smallest absolute Gasteiger partial charge is 0.0720 e. The molecule has 1 heteroatoms. The lowest BCUT2D eigenvalue weighted by atomic mass is 9.87. The largest absolute Gasteiger partial charge is 0.374 e. The molecule has 0 atom stereocenters. The zero-order valence-corrected chi connectivity index (χ0v) is 13.3. The summed E-state index contributed by atoms with van der Waals surface area (Å²) in [6.45, 7) is 11.9. The average molecular weight is 262 g/mol. The molecule has 0 aliphatic heterocycles. The number of ether oxygens (including phenoxy) is 1. The zero-order valence-electron chi connectivity index (χ0n) is 13.3. The maximum absolute atomic E-state index is 6.03. The summed E-state index contributed by atoms with van der Waals surface area (Å²) >= 11 is 0. The highest BCUT2D eigenvalue weighted by molar-refractivity contribution is 5.27. The summed E-state index contributed by atoms with van der Waals surface area (Å²) in [7, 11) is 0. The molecule has 0 saturated carbocycles. The van der Waals surface area contributed by atoms with Gasteiger partial charge in [0.25, 0.3) is 0 Å². The lowest BCUT2D eigenvalue weighted by Crippen LogP contribution is -2.13. The van der Waals surface area contributed by atoms with Crippen LogP contribution < -0.4 is 0 Å². The molecule has 0 bridgehead atoms. The van der Waals surface area contributed by atoms with E-state index in [0.717, 1.165) is 6.61 Å². The predicted molar refractivity (Wildman–Crippen MR) is 83.5 cm³/mol. The highest BCUT2D eigenvalue weighted by Gasteiger charge is 2.13. The third kappa shape index (κ3) is 5.78. The highest BCUT2D eigenvalue weighted by atomic mass is 16.5. The predicted octanol–water partition coefficient (Wildman–Crippen LogP) is 5.47. The fourth-order valence-corrected chi connectivity index (χ4v) is 2.27. The van der Waals surface area contributed by atoms with E-state index in [2.05, 4.69) is 58.9 Å². The lowest BCUT2D eigenvalue weighted by molar-refractivity contribution is 0.0285. The van der Waals surface area contributed by atoms with E-state index in [-0.39, 0.29) is 5.41 Å². The molecule has 1 rings (SSSR count).